The summed E-state index contributed by atoms with van der Waals surface area (Å²) in [6.07, 6.45) is 4.06. The number of amides is 1. The first-order valence-electron chi connectivity index (χ1n) is 6.83. The molecule has 0 aromatic carbocycles. The molecule has 1 heterocycles. The highest BCUT2D eigenvalue weighted by atomic mass is 32.2. The Morgan fingerprint density at radius 2 is 2.17 bits per heavy atom. The van der Waals surface area contributed by atoms with E-state index in [1.807, 2.05) is 18.7 Å². The lowest BCUT2D eigenvalue weighted by Gasteiger charge is -2.28. The Kier molecular flexibility index (Phi) is 7.04. The number of carbonyl (C=O) groups excluding carboxylic acids is 1. The molecular weight excluding hydrogens is 248 g/mol. The Morgan fingerprint density at radius 3 is 2.72 bits per heavy atom. The van der Waals surface area contributed by atoms with Gasteiger partial charge in [0, 0.05) is 18.5 Å². The first kappa shape index (κ1) is 15.8. The van der Waals surface area contributed by atoms with Gasteiger partial charge in [0.1, 0.15) is 0 Å². The van der Waals surface area contributed by atoms with Gasteiger partial charge in [0.15, 0.2) is 0 Å². The maximum Gasteiger partial charge on any atom is 0.237 e. The molecule has 1 saturated heterocycles. The molecule has 0 aromatic rings. The van der Waals surface area contributed by atoms with Gasteiger partial charge in [-0.2, -0.15) is 11.8 Å². The van der Waals surface area contributed by atoms with Crippen molar-refractivity contribution in [2.45, 2.75) is 50.3 Å². The van der Waals surface area contributed by atoms with E-state index in [9.17, 15) is 4.79 Å². The minimum Gasteiger partial charge on any atom is -0.381 e. The summed E-state index contributed by atoms with van der Waals surface area (Å²) in [5.74, 6) is 0.726. The van der Waals surface area contributed by atoms with E-state index >= 15 is 0 Å². The van der Waals surface area contributed by atoms with Crippen LogP contribution in [0.15, 0.2) is 0 Å². The van der Waals surface area contributed by atoms with Crippen LogP contribution < -0.4 is 11.1 Å². The summed E-state index contributed by atoms with van der Waals surface area (Å²) in [7, 11) is 0. The molecule has 1 unspecified atom stereocenters. The van der Waals surface area contributed by atoms with E-state index in [0.29, 0.717) is 5.25 Å². The average Bonchev–Trinajstić information content (AvgIpc) is 2.37. The van der Waals surface area contributed by atoms with Crippen LogP contribution in [0.2, 0.25) is 0 Å². The van der Waals surface area contributed by atoms with Crippen molar-refractivity contribution in [1.82, 2.24) is 5.32 Å². The van der Waals surface area contributed by atoms with Crippen LogP contribution in [0.25, 0.3) is 0 Å². The lowest BCUT2D eigenvalue weighted by atomic mass is 9.98. The summed E-state index contributed by atoms with van der Waals surface area (Å²) >= 11 is 1.95. The predicted octanol–water partition coefficient (Wildman–Crippen LogP) is 1.53. The highest BCUT2D eigenvalue weighted by Crippen LogP contribution is 2.24. The van der Waals surface area contributed by atoms with Gasteiger partial charge in [0.05, 0.1) is 5.54 Å². The topological polar surface area (TPSA) is 64.3 Å². The van der Waals surface area contributed by atoms with E-state index in [4.69, 9.17) is 10.5 Å². The second-order valence-corrected chi connectivity index (χ2v) is 6.46. The number of thioether (sulfide) groups is 1. The first-order valence-corrected chi connectivity index (χ1v) is 7.87. The lowest BCUT2D eigenvalue weighted by Crippen LogP contribution is -2.53. The molecule has 1 aliphatic heterocycles. The van der Waals surface area contributed by atoms with Crippen LogP contribution in [-0.2, 0) is 9.53 Å². The van der Waals surface area contributed by atoms with Crippen molar-refractivity contribution < 1.29 is 9.53 Å². The second-order valence-electron chi connectivity index (χ2n) is 5.06. The second kappa shape index (κ2) is 8.02. The van der Waals surface area contributed by atoms with Crippen molar-refractivity contribution in [2.24, 2.45) is 5.73 Å². The SMILES string of the molecule is CCCNC(C)(CCSC1CCOCC1)C(N)=O. The third-order valence-electron chi connectivity index (χ3n) is 3.43. The highest BCUT2D eigenvalue weighted by molar-refractivity contribution is 7.99. The van der Waals surface area contributed by atoms with E-state index in [1.165, 1.54) is 0 Å². The monoisotopic (exact) mass is 274 g/mol. The predicted molar refractivity (Wildman–Crippen MR) is 76.8 cm³/mol. The molecule has 0 radical (unpaired) electrons. The Hall–Kier alpha value is -0.260. The van der Waals surface area contributed by atoms with Crippen molar-refractivity contribution in [3.8, 4) is 0 Å². The van der Waals surface area contributed by atoms with Crippen molar-refractivity contribution >= 4 is 17.7 Å². The molecule has 1 fully saturated rings. The summed E-state index contributed by atoms with van der Waals surface area (Å²) in [5.41, 5.74) is 4.94. The summed E-state index contributed by atoms with van der Waals surface area (Å²) < 4.78 is 5.34. The molecular formula is C13H26N2O2S. The normalized spacial score (nSPS) is 20.6. The fourth-order valence-corrected chi connectivity index (χ4v) is 3.36. The largest absolute Gasteiger partial charge is 0.381 e. The van der Waals surface area contributed by atoms with Gasteiger partial charge in [0.25, 0.3) is 0 Å². The van der Waals surface area contributed by atoms with Crippen molar-refractivity contribution in [2.75, 3.05) is 25.5 Å². The van der Waals surface area contributed by atoms with Gasteiger partial charge >= 0.3 is 0 Å². The standard InChI is InChI=1S/C13H26N2O2S/c1-3-7-15-13(2,12(14)16)6-10-18-11-4-8-17-9-5-11/h11,15H,3-10H2,1-2H3,(H2,14,16). The first-order chi connectivity index (χ1) is 8.58. The molecule has 0 saturated carbocycles. The van der Waals surface area contributed by atoms with Crippen LogP contribution >= 0.6 is 11.8 Å². The van der Waals surface area contributed by atoms with E-state index in [2.05, 4.69) is 12.2 Å². The molecule has 4 nitrogen and oxygen atoms in total. The Bertz CT molecular complexity index is 257. The minimum atomic E-state index is -0.561. The third kappa shape index (κ3) is 5.16. The van der Waals surface area contributed by atoms with E-state index in [-0.39, 0.29) is 5.91 Å². The zero-order valence-electron chi connectivity index (χ0n) is 11.5. The quantitative estimate of drug-likeness (QED) is 0.704. The average molecular weight is 274 g/mol. The van der Waals surface area contributed by atoms with Gasteiger partial charge in [-0.3, -0.25) is 4.79 Å². The Morgan fingerprint density at radius 1 is 1.50 bits per heavy atom. The highest BCUT2D eigenvalue weighted by Gasteiger charge is 2.30. The van der Waals surface area contributed by atoms with Crippen molar-refractivity contribution in [3.63, 3.8) is 0 Å². The van der Waals surface area contributed by atoms with Crippen LogP contribution in [0.3, 0.4) is 0 Å². The summed E-state index contributed by atoms with van der Waals surface area (Å²) in [6, 6.07) is 0. The van der Waals surface area contributed by atoms with E-state index < -0.39 is 5.54 Å². The zero-order valence-corrected chi connectivity index (χ0v) is 12.4. The number of rotatable bonds is 8. The lowest BCUT2D eigenvalue weighted by molar-refractivity contribution is -0.123. The number of carbonyl (C=O) groups is 1. The molecule has 106 valence electrons. The fraction of sp³-hybridized carbons (Fsp3) is 0.923. The van der Waals surface area contributed by atoms with E-state index in [0.717, 1.165) is 51.2 Å². The van der Waals surface area contributed by atoms with Crippen LogP contribution in [-0.4, -0.2) is 42.2 Å². The van der Waals surface area contributed by atoms with Gasteiger partial charge in [-0.05, 0) is 44.9 Å². The van der Waals surface area contributed by atoms with Crippen LogP contribution in [0.4, 0.5) is 0 Å². The smallest absolute Gasteiger partial charge is 0.237 e. The number of nitrogens with one attached hydrogen (secondary N) is 1. The molecule has 1 rings (SSSR count). The minimum absolute atomic E-state index is 0.247. The molecule has 5 heteroatoms. The van der Waals surface area contributed by atoms with Gasteiger partial charge in [-0.15, -0.1) is 0 Å². The molecule has 0 spiro atoms. The molecule has 18 heavy (non-hydrogen) atoms. The van der Waals surface area contributed by atoms with Gasteiger partial charge in [0.2, 0.25) is 5.91 Å². The molecule has 1 atom stereocenters. The number of hydrogen-bond acceptors (Lipinski definition) is 4. The Labute approximate surface area is 114 Å². The van der Waals surface area contributed by atoms with Crippen molar-refractivity contribution in [1.29, 1.82) is 0 Å². The maximum atomic E-state index is 11.5. The molecule has 3 N–H and O–H groups in total. The van der Waals surface area contributed by atoms with Crippen LogP contribution in [0, 0.1) is 0 Å². The summed E-state index contributed by atoms with van der Waals surface area (Å²) in [4.78, 5) is 11.5. The summed E-state index contributed by atoms with van der Waals surface area (Å²) in [6.45, 7) is 6.58. The van der Waals surface area contributed by atoms with Gasteiger partial charge in [-0.1, -0.05) is 6.92 Å². The van der Waals surface area contributed by atoms with Gasteiger partial charge in [-0.25, -0.2) is 0 Å². The van der Waals surface area contributed by atoms with Gasteiger partial charge < -0.3 is 15.8 Å². The maximum absolute atomic E-state index is 11.5. The Balaban J connectivity index is 2.30. The number of nitrogens with two attached hydrogens (primary N) is 1. The molecule has 1 amide bonds. The fourth-order valence-electron chi connectivity index (χ4n) is 1.97. The zero-order chi connectivity index (χ0) is 13.4. The summed E-state index contributed by atoms with van der Waals surface area (Å²) in [5, 5.41) is 3.95. The third-order valence-corrected chi connectivity index (χ3v) is 4.82. The van der Waals surface area contributed by atoms with Crippen LogP contribution in [0.5, 0.6) is 0 Å². The van der Waals surface area contributed by atoms with Crippen molar-refractivity contribution in [3.05, 3.63) is 0 Å². The molecule has 1 aliphatic rings. The molecule has 0 aromatic heterocycles. The van der Waals surface area contributed by atoms with Crippen LogP contribution in [0.1, 0.15) is 39.5 Å². The number of hydrogen-bond donors (Lipinski definition) is 2. The molecule has 0 bridgehead atoms. The van der Waals surface area contributed by atoms with E-state index in [1.54, 1.807) is 0 Å². The number of primary amides is 1. The number of ether oxygens (including phenoxy) is 1. The molecule has 0 aliphatic carbocycles.